The van der Waals surface area contributed by atoms with Crippen LogP contribution in [0.1, 0.15) is 12.0 Å². The highest BCUT2D eigenvalue weighted by Crippen LogP contribution is 2.13. The fraction of sp³-hybridized carbons (Fsp3) is 0.400. The van der Waals surface area contributed by atoms with E-state index < -0.39 is 10.0 Å². The van der Waals surface area contributed by atoms with E-state index >= 15 is 0 Å². The number of pyridine rings is 1. The molecule has 0 atom stereocenters. The first-order valence-electron chi connectivity index (χ1n) is 5.26. The van der Waals surface area contributed by atoms with Gasteiger partial charge in [-0.3, -0.25) is 0 Å². The molecule has 7 nitrogen and oxygen atoms in total. The molecule has 0 amide bonds. The lowest BCUT2D eigenvalue weighted by Gasteiger charge is -2.07. The van der Waals surface area contributed by atoms with E-state index in [4.69, 9.17) is 11.0 Å². The first-order chi connectivity index (χ1) is 8.42. The maximum absolute atomic E-state index is 10.8. The summed E-state index contributed by atoms with van der Waals surface area (Å²) in [6, 6.07) is 3.52. The van der Waals surface area contributed by atoms with Crippen LogP contribution < -0.4 is 15.8 Å². The minimum atomic E-state index is -3.15. The standard InChI is InChI=1S/C10H15N5O2S/c1-18(16,17)15-4-2-3-13-10-8(6-11)5-9(12)7-14-10/h5,7,15H,2-4,12H2,1H3,(H,13,14). The van der Waals surface area contributed by atoms with Gasteiger partial charge in [0.05, 0.1) is 23.7 Å². The highest BCUT2D eigenvalue weighted by atomic mass is 32.2. The molecule has 1 aromatic heterocycles. The Bertz CT molecular complexity index is 550. The van der Waals surface area contributed by atoms with Crippen LogP contribution in [0.5, 0.6) is 0 Å². The van der Waals surface area contributed by atoms with Crippen molar-refractivity contribution in [3.05, 3.63) is 17.8 Å². The van der Waals surface area contributed by atoms with Crippen molar-refractivity contribution in [3.8, 4) is 6.07 Å². The fourth-order valence-corrected chi connectivity index (χ4v) is 1.77. The van der Waals surface area contributed by atoms with Crippen LogP contribution >= 0.6 is 0 Å². The quantitative estimate of drug-likeness (QED) is 0.619. The van der Waals surface area contributed by atoms with E-state index in [1.165, 1.54) is 12.3 Å². The number of hydrogen-bond donors (Lipinski definition) is 3. The Morgan fingerprint density at radius 3 is 2.83 bits per heavy atom. The minimum absolute atomic E-state index is 0.336. The van der Waals surface area contributed by atoms with Crippen molar-refractivity contribution >= 4 is 21.5 Å². The van der Waals surface area contributed by atoms with Crippen LogP contribution in [0.4, 0.5) is 11.5 Å². The van der Waals surface area contributed by atoms with E-state index in [2.05, 4.69) is 15.0 Å². The Morgan fingerprint density at radius 2 is 2.22 bits per heavy atom. The van der Waals surface area contributed by atoms with Gasteiger partial charge in [-0.05, 0) is 12.5 Å². The van der Waals surface area contributed by atoms with Gasteiger partial charge in [0, 0.05) is 13.1 Å². The SMILES string of the molecule is CS(=O)(=O)NCCCNc1ncc(N)cc1C#N. The molecule has 4 N–H and O–H groups in total. The molecule has 0 saturated carbocycles. The smallest absolute Gasteiger partial charge is 0.208 e. The third-order valence-electron chi connectivity index (χ3n) is 2.04. The molecule has 1 aromatic rings. The maximum atomic E-state index is 10.8. The third-order valence-corrected chi connectivity index (χ3v) is 2.77. The zero-order valence-electron chi connectivity index (χ0n) is 9.97. The second-order valence-electron chi connectivity index (χ2n) is 3.72. The summed E-state index contributed by atoms with van der Waals surface area (Å²) in [6.07, 6.45) is 3.15. The number of nitrogens with two attached hydrogens (primary N) is 1. The van der Waals surface area contributed by atoms with Gasteiger partial charge in [-0.25, -0.2) is 18.1 Å². The summed E-state index contributed by atoms with van der Waals surface area (Å²) < 4.78 is 24.0. The number of sulfonamides is 1. The van der Waals surface area contributed by atoms with Gasteiger partial charge in [0.2, 0.25) is 10.0 Å². The number of anilines is 2. The number of nitriles is 1. The molecule has 0 bridgehead atoms. The van der Waals surface area contributed by atoms with Gasteiger partial charge in [0.15, 0.2) is 0 Å². The second kappa shape index (κ2) is 6.18. The molecule has 18 heavy (non-hydrogen) atoms. The molecule has 8 heteroatoms. The molecule has 1 heterocycles. The Morgan fingerprint density at radius 1 is 1.50 bits per heavy atom. The molecule has 0 unspecified atom stereocenters. The van der Waals surface area contributed by atoms with Gasteiger partial charge in [-0.15, -0.1) is 0 Å². The lowest BCUT2D eigenvalue weighted by atomic mass is 10.2. The summed E-state index contributed by atoms with van der Waals surface area (Å²) in [5, 5.41) is 11.8. The number of nitrogens with zero attached hydrogens (tertiary/aromatic N) is 2. The largest absolute Gasteiger partial charge is 0.397 e. The van der Waals surface area contributed by atoms with Crippen LogP contribution in [0.2, 0.25) is 0 Å². The predicted molar refractivity (Wildman–Crippen MR) is 69.3 cm³/mol. The van der Waals surface area contributed by atoms with Crippen molar-refractivity contribution in [2.24, 2.45) is 0 Å². The van der Waals surface area contributed by atoms with Crippen LogP contribution in [0, 0.1) is 11.3 Å². The highest BCUT2D eigenvalue weighted by Gasteiger charge is 2.04. The van der Waals surface area contributed by atoms with E-state index in [1.54, 1.807) is 0 Å². The monoisotopic (exact) mass is 269 g/mol. The Hall–Kier alpha value is -1.85. The first kappa shape index (κ1) is 14.2. The molecule has 0 aliphatic heterocycles. The second-order valence-corrected chi connectivity index (χ2v) is 5.56. The molecule has 0 aromatic carbocycles. The van der Waals surface area contributed by atoms with E-state index in [0.29, 0.717) is 36.6 Å². The van der Waals surface area contributed by atoms with Crippen LogP contribution in [-0.4, -0.2) is 32.7 Å². The maximum Gasteiger partial charge on any atom is 0.208 e. The van der Waals surface area contributed by atoms with Crippen molar-refractivity contribution in [3.63, 3.8) is 0 Å². The van der Waals surface area contributed by atoms with Crippen LogP contribution in [0.15, 0.2) is 12.3 Å². The van der Waals surface area contributed by atoms with Crippen molar-refractivity contribution in [1.29, 1.82) is 5.26 Å². The van der Waals surface area contributed by atoms with Gasteiger partial charge in [-0.2, -0.15) is 5.26 Å². The Kier molecular flexibility index (Phi) is 4.88. The van der Waals surface area contributed by atoms with Gasteiger partial charge in [0.1, 0.15) is 11.9 Å². The third kappa shape index (κ3) is 4.99. The molecular formula is C10H15N5O2S. The Labute approximate surface area is 106 Å². The topological polar surface area (TPSA) is 121 Å². The van der Waals surface area contributed by atoms with Crippen LogP contribution in [-0.2, 0) is 10.0 Å². The summed E-state index contributed by atoms with van der Waals surface area (Å²) in [5.74, 6) is 0.450. The van der Waals surface area contributed by atoms with Crippen LogP contribution in [0.25, 0.3) is 0 Å². The average Bonchev–Trinajstić information content (AvgIpc) is 2.28. The molecule has 0 aliphatic carbocycles. The Balaban J connectivity index is 2.43. The number of hydrogen-bond acceptors (Lipinski definition) is 6. The molecule has 1 rings (SSSR count). The number of nitrogen functional groups attached to an aromatic ring is 1. The summed E-state index contributed by atoms with van der Waals surface area (Å²) in [6.45, 7) is 0.844. The lowest BCUT2D eigenvalue weighted by molar-refractivity contribution is 0.586. The number of nitrogens with one attached hydrogen (secondary N) is 2. The normalized spacial score (nSPS) is 10.9. The van der Waals surface area contributed by atoms with Crippen molar-refractivity contribution in [2.75, 3.05) is 30.4 Å². The molecule has 0 aliphatic rings. The average molecular weight is 269 g/mol. The van der Waals surface area contributed by atoms with Gasteiger partial charge < -0.3 is 11.1 Å². The van der Waals surface area contributed by atoms with Gasteiger partial charge in [0.25, 0.3) is 0 Å². The minimum Gasteiger partial charge on any atom is -0.397 e. The molecule has 0 fully saturated rings. The molecule has 0 radical (unpaired) electrons. The highest BCUT2D eigenvalue weighted by molar-refractivity contribution is 7.88. The van der Waals surface area contributed by atoms with Crippen molar-refractivity contribution < 1.29 is 8.42 Å². The van der Waals surface area contributed by atoms with E-state index in [1.807, 2.05) is 6.07 Å². The molecule has 0 spiro atoms. The molecule has 0 saturated heterocycles. The van der Waals surface area contributed by atoms with Gasteiger partial charge in [-0.1, -0.05) is 0 Å². The first-order valence-corrected chi connectivity index (χ1v) is 7.15. The zero-order valence-corrected chi connectivity index (χ0v) is 10.8. The lowest BCUT2D eigenvalue weighted by Crippen LogP contribution is -2.24. The zero-order chi connectivity index (χ0) is 13.6. The number of aromatic nitrogens is 1. The van der Waals surface area contributed by atoms with E-state index in [-0.39, 0.29) is 0 Å². The molecular weight excluding hydrogens is 254 g/mol. The predicted octanol–water partition coefficient (Wildman–Crippen LogP) is -0.113. The van der Waals surface area contributed by atoms with E-state index in [0.717, 1.165) is 6.26 Å². The summed E-state index contributed by atoms with van der Waals surface area (Å²) >= 11 is 0. The van der Waals surface area contributed by atoms with Crippen molar-refractivity contribution in [2.45, 2.75) is 6.42 Å². The summed E-state index contributed by atoms with van der Waals surface area (Å²) in [5.41, 5.74) is 6.30. The fourth-order valence-electron chi connectivity index (χ4n) is 1.26. The summed E-state index contributed by atoms with van der Waals surface area (Å²) in [7, 11) is -3.15. The van der Waals surface area contributed by atoms with E-state index in [9.17, 15) is 8.42 Å². The summed E-state index contributed by atoms with van der Waals surface area (Å²) in [4.78, 5) is 4.00. The van der Waals surface area contributed by atoms with Crippen molar-refractivity contribution in [1.82, 2.24) is 9.71 Å². The number of rotatable bonds is 6. The van der Waals surface area contributed by atoms with Crippen LogP contribution in [0.3, 0.4) is 0 Å². The van der Waals surface area contributed by atoms with Gasteiger partial charge >= 0.3 is 0 Å². The molecule has 98 valence electrons.